The van der Waals surface area contributed by atoms with E-state index in [9.17, 15) is 4.79 Å². The highest BCUT2D eigenvalue weighted by molar-refractivity contribution is 6.42. The van der Waals surface area contributed by atoms with E-state index in [0.717, 1.165) is 12.8 Å². The van der Waals surface area contributed by atoms with Crippen LogP contribution in [0.5, 0.6) is 0 Å². The van der Waals surface area contributed by atoms with E-state index in [1.165, 1.54) is 0 Å². The lowest BCUT2D eigenvalue weighted by Gasteiger charge is -1.92. The van der Waals surface area contributed by atoms with Gasteiger partial charge in [-0.05, 0) is 6.42 Å². The quantitative estimate of drug-likeness (QED) is 0.578. The second-order valence-electron chi connectivity index (χ2n) is 2.12. The van der Waals surface area contributed by atoms with Gasteiger partial charge in [0.05, 0.1) is 5.03 Å². The molecule has 0 saturated heterocycles. The molecule has 58 valence electrons. The van der Waals surface area contributed by atoms with Gasteiger partial charge in [-0.25, -0.2) is 0 Å². The van der Waals surface area contributed by atoms with Gasteiger partial charge in [0.25, 0.3) is 0 Å². The van der Waals surface area contributed by atoms with Gasteiger partial charge in [0.15, 0.2) is 5.78 Å². The van der Waals surface area contributed by atoms with Crippen molar-refractivity contribution in [2.75, 3.05) is 0 Å². The first kappa shape index (κ1) is 9.70. The Morgan fingerprint density at radius 1 is 1.50 bits per heavy atom. The molecule has 0 fully saturated rings. The fourth-order valence-electron chi connectivity index (χ4n) is 0.554. The number of halogens is 1. The molecule has 0 heterocycles. The van der Waals surface area contributed by atoms with Crippen LogP contribution in [0.2, 0.25) is 0 Å². The number of Topliss-reactive ketones (excluding diaryl/α,β-unsaturated/α-hetero) is 1. The molecule has 0 aliphatic carbocycles. The molecule has 0 aromatic heterocycles. The molecule has 0 aromatic carbocycles. The predicted molar refractivity (Wildman–Crippen MR) is 44.1 cm³/mol. The molecule has 10 heavy (non-hydrogen) atoms. The van der Waals surface area contributed by atoms with E-state index in [1.54, 1.807) is 6.08 Å². The molecule has 0 aliphatic rings. The van der Waals surface area contributed by atoms with E-state index in [4.69, 9.17) is 11.6 Å². The molecule has 0 radical (unpaired) electrons. The van der Waals surface area contributed by atoms with E-state index < -0.39 is 0 Å². The molecular weight excluding hydrogens is 148 g/mol. The molecule has 0 atom stereocenters. The van der Waals surface area contributed by atoms with Crippen molar-refractivity contribution in [1.29, 1.82) is 0 Å². The first-order chi connectivity index (χ1) is 4.72. The van der Waals surface area contributed by atoms with Crippen molar-refractivity contribution < 1.29 is 4.79 Å². The van der Waals surface area contributed by atoms with Gasteiger partial charge in [0.1, 0.15) is 0 Å². The Morgan fingerprint density at radius 3 is 2.50 bits per heavy atom. The zero-order valence-electron chi connectivity index (χ0n) is 6.48. The average Bonchev–Trinajstić information content (AvgIpc) is 1.98. The van der Waals surface area contributed by atoms with Crippen LogP contribution < -0.4 is 0 Å². The molecule has 0 rings (SSSR count). The normalized spacial score (nSPS) is 11.7. The maximum Gasteiger partial charge on any atom is 0.173 e. The smallest absolute Gasteiger partial charge is 0.173 e. The number of carbonyl (C=O) groups is 1. The van der Waals surface area contributed by atoms with Gasteiger partial charge in [0, 0.05) is 6.42 Å². The molecule has 1 nitrogen and oxygen atoms in total. The number of carbonyl (C=O) groups excluding carboxylic acids is 1. The molecule has 0 spiro atoms. The highest BCUT2D eigenvalue weighted by Crippen LogP contribution is 2.07. The second-order valence-corrected chi connectivity index (χ2v) is 2.52. The lowest BCUT2D eigenvalue weighted by Crippen LogP contribution is -1.93. The molecule has 0 amide bonds. The Morgan fingerprint density at radius 2 is 2.10 bits per heavy atom. The highest BCUT2D eigenvalue weighted by atomic mass is 35.5. The maximum atomic E-state index is 10.8. The second kappa shape index (κ2) is 5.48. The van der Waals surface area contributed by atoms with Crippen LogP contribution in [-0.4, -0.2) is 5.78 Å². The van der Waals surface area contributed by atoms with Crippen molar-refractivity contribution in [3.63, 3.8) is 0 Å². The number of ketones is 1. The van der Waals surface area contributed by atoms with Crippen LogP contribution in [0.4, 0.5) is 0 Å². The van der Waals surface area contributed by atoms with Gasteiger partial charge in [-0.1, -0.05) is 37.9 Å². The predicted octanol–water partition coefficient (Wildman–Crippen LogP) is 2.89. The van der Waals surface area contributed by atoms with E-state index in [-0.39, 0.29) is 5.78 Å². The minimum atomic E-state index is 0.0371. The third-order valence-electron chi connectivity index (χ3n) is 1.20. The molecule has 0 saturated carbocycles. The summed E-state index contributed by atoms with van der Waals surface area (Å²) in [6.45, 7) is 3.86. The summed E-state index contributed by atoms with van der Waals surface area (Å²) in [7, 11) is 0. The van der Waals surface area contributed by atoms with Crippen molar-refractivity contribution in [3.8, 4) is 0 Å². The topological polar surface area (TPSA) is 17.1 Å². The molecule has 0 aliphatic heterocycles. The molecule has 0 bridgehead atoms. The van der Waals surface area contributed by atoms with Gasteiger partial charge in [-0.2, -0.15) is 0 Å². The number of allylic oxidation sites excluding steroid dienone is 2. The van der Waals surface area contributed by atoms with Crippen LogP contribution in [0.25, 0.3) is 0 Å². The van der Waals surface area contributed by atoms with Gasteiger partial charge in [-0.3, -0.25) is 4.79 Å². The largest absolute Gasteiger partial charge is 0.293 e. The van der Waals surface area contributed by atoms with Gasteiger partial charge in [0.2, 0.25) is 0 Å². The molecule has 0 N–H and O–H groups in total. The third-order valence-corrected chi connectivity index (χ3v) is 1.56. The number of unbranched alkanes of at least 4 members (excludes halogenated alkanes) is 1. The van der Waals surface area contributed by atoms with Crippen LogP contribution >= 0.6 is 11.6 Å². The summed E-state index contributed by atoms with van der Waals surface area (Å²) in [6.07, 6.45) is 4.21. The van der Waals surface area contributed by atoms with E-state index >= 15 is 0 Å². The summed E-state index contributed by atoms with van der Waals surface area (Å²) in [4.78, 5) is 10.8. The van der Waals surface area contributed by atoms with Gasteiger partial charge < -0.3 is 0 Å². The first-order valence-electron chi connectivity index (χ1n) is 3.61. The lowest BCUT2D eigenvalue weighted by atomic mass is 10.2. The third kappa shape index (κ3) is 3.67. The Bertz CT molecular complexity index is 138. The van der Waals surface area contributed by atoms with E-state index in [2.05, 4.69) is 6.92 Å². The fourth-order valence-corrected chi connectivity index (χ4v) is 0.797. The van der Waals surface area contributed by atoms with Crippen molar-refractivity contribution in [3.05, 3.63) is 11.1 Å². The minimum Gasteiger partial charge on any atom is -0.293 e. The standard InChI is InChI=1S/C8H13ClO/c1-3-5-6-7(9)8(10)4-2/h6H,3-5H2,1-2H3/b7-6-. The summed E-state index contributed by atoms with van der Waals surface area (Å²) in [5.41, 5.74) is 0. The number of rotatable bonds is 4. The highest BCUT2D eigenvalue weighted by Gasteiger charge is 2.00. The van der Waals surface area contributed by atoms with Crippen LogP contribution in [0.15, 0.2) is 11.1 Å². The Kier molecular flexibility index (Phi) is 5.32. The molecule has 0 unspecified atom stereocenters. The zero-order valence-corrected chi connectivity index (χ0v) is 7.24. The monoisotopic (exact) mass is 160 g/mol. The minimum absolute atomic E-state index is 0.0371. The van der Waals surface area contributed by atoms with Crippen LogP contribution in [0.3, 0.4) is 0 Å². The summed E-state index contributed by atoms with van der Waals surface area (Å²) in [5, 5.41) is 0.393. The summed E-state index contributed by atoms with van der Waals surface area (Å²) in [6, 6.07) is 0. The number of hydrogen-bond acceptors (Lipinski definition) is 1. The Hall–Kier alpha value is -0.300. The van der Waals surface area contributed by atoms with Crippen molar-refractivity contribution >= 4 is 17.4 Å². The first-order valence-corrected chi connectivity index (χ1v) is 3.99. The average molecular weight is 161 g/mol. The summed E-state index contributed by atoms with van der Waals surface area (Å²) in [5.74, 6) is 0.0371. The van der Waals surface area contributed by atoms with Crippen molar-refractivity contribution in [1.82, 2.24) is 0 Å². The lowest BCUT2D eigenvalue weighted by molar-refractivity contribution is -0.114. The number of hydrogen-bond donors (Lipinski definition) is 0. The Balaban J connectivity index is 3.80. The van der Waals surface area contributed by atoms with E-state index in [0.29, 0.717) is 11.5 Å². The fraction of sp³-hybridized carbons (Fsp3) is 0.625. The van der Waals surface area contributed by atoms with Crippen LogP contribution in [0, 0.1) is 0 Å². The van der Waals surface area contributed by atoms with Crippen molar-refractivity contribution in [2.24, 2.45) is 0 Å². The van der Waals surface area contributed by atoms with E-state index in [1.807, 2.05) is 6.92 Å². The van der Waals surface area contributed by atoms with Gasteiger partial charge in [-0.15, -0.1) is 0 Å². The Labute approximate surface area is 67.1 Å². The molecular formula is C8H13ClO. The van der Waals surface area contributed by atoms with Crippen LogP contribution in [0.1, 0.15) is 33.1 Å². The SMILES string of the molecule is CCC/C=C(\Cl)C(=O)CC. The summed E-state index contributed by atoms with van der Waals surface area (Å²) < 4.78 is 0. The zero-order chi connectivity index (χ0) is 7.98. The molecule has 2 heteroatoms. The van der Waals surface area contributed by atoms with Crippen molar-refractivity contribution in [2.45, 2.75) is 33.1 Å². The maximum absolute atomic E-state index is 10.8. The summed E-state index contributed by atoms with van der Waals surface area (Å²) >= 11 is 5.62. The van der Waals surface area contributed by atoms with Gasteiger partial charge >= 0.3 is 0 Å². The van der Waals surface area contributed by atoms with Crippen LogP contribution in [-0.2, 0) is 4.79 Å². The molecule has 0 aromatic rings.